The van der Waals surface area contributed by atoms with E-state index >= 15 is 0 Å². The summed E-state index contributed by atoms with van der Waals surface area (Å²) in [5, 5.41) is 2.98. The molecule has 2 amide bonds. The maximum Gasteiger partial charge on any atom is 0.250 e. The van der Waals surface area contributed by atoms with Crippen LogP contribution in [-0.4, -0.2) is 56.8 Å². The van der Waals surface area contributed by atoms with Gasteiger partial charge in [-0.2, -0.15) is 4.31 Å². The molecule has 3 aliphatic heterocycles. The first kappa shape index (κ1) is 23.8. The number of hydrogen-bond acceptors (Lipinski definition) is 5. The van der Waals surface area contributed by atoms with Crippen LogP contribution in [0.2, 0.25) is 0 Å². The second-order valence-corrected chi connectivity index (χ2v) is 11.5. The lowest BCUT2D eigenvalue weighted by molar-refractivity contribution is -0.125. The number of amides is 2. The number of sulfonamides is 1. The van der Waals surface area contributed by atoms with Gasteiger partial charge in [-0.05, 0) is 62.8 Å². The van der Waals surface area contributed by atoms with E-state index in [0.717, 1.165) is 49.9 Å². The molecule has 2 unspecified atom stereocenters. The third-order valence-corrected chi connectivity index (χ3v) is 9.18. The Morgan fingerprint density at radius 2 is 1.71 bits per heavy atom. The van der Waals surface area contributed by atoms with Crippen molar-refractivity contribution < 1.29 is 18.0 Å². The highest BCUT2D eigenvalue weighted by Gasteiger charge is 2.41. The summed E-state index contributed by atoms with van der Waals surface area (Å²) in [6, 6.07) is 14.1. The van der Waals surface area contributed by atoms with Crippen LogP contribution in [0.4, 0.5) is 11.4 Å². The minimum absolute atomic E-state index is 0.143. The van der Waals surface area contributed by atoms with E-state index in [1.807, 2.05) is 37.3 Å². The first-order valence-corrected chi connectivity index (χ1v) is 13.9. The van der Waals surface area contributed by atoms with E-state index in [4.69, 9.17) is 0 Å². The maximum absolute atomic E-state index is 13.6. The van der Waals surface area contributed by atoms with Crippen LogP contribution in [0.15, 0.2) is 53.4 Å². The largest absolute Gasteiger partial charge is 0.358 e. The van der Waals surface area contributed by atoms with Crippen LogP contribution in [0.1, 0.15) is 50.6 Å². The van der Waals surface area contributed by atoms with Crippen molar-refractivity contribution in [3.8, 4) is 0 Å². The highest BCUT2D eigenvalue weighted by molar-refractivity contribution is 7.89. The monoisotopic (exact) mass is 496 g/mol. The zero-order chi connectivity index (χ0) is 24.6. The van der Waals surface area contributed by atoms with Crippen LogP contribution >= 0.6 is 0 Å². The predicted octanol–water partition coefficient (Wildman–Crippen LogP) is 3.05. The SMILES string of the molecule is CC(NC(=O)CN1C(=O)C2CCCCN2c2ccc(S(=O)(=O)N3CCCC3)cc21)c1ccccc1. The molecule has 0 aromatic heterocycles. The number of fused-ring (bicyclic) bond motifs is 3. The van der Waals surface area contributed by atoms with Gasteiger partial charge in [0.25, 0.3) is 0 Å². The van der Waals surface area contributed by atoms with E-state index in [2.05, 4.69) is 10.2 Å². The van der Waals surface area contributed by atoms with Gasteiger partial charge in [-0.25, -0.2) is 8.42 Å². The Hall–Kier alpha value is -2.91. The van der Waals surface area contributed by atoms with Crippen molar-refractivity contribution in [2.75, 3.05) is 36.0 Å². The first-order valence-electron chi connectivity index (χ1n) is 12.4. The Kier molecular flexibility index (Phi) is 6.55. The van der Waals surface area contributed by atoms with Gasteiger partial charge in [0, 0.05) is 19.6 Å². The third kappa shape index (κ3) is 4.54. The molecule has 0 saturated carbocycles. The molecule has 0 spiro atoms. The molecule has 186 valence electrons. The zero-order valence-corrected chi connectivity index (χ0v) is 20.8. The average Bonchev–Trinajstić information content (AvgIpc) is 3.43. The summed E-state index contributed by atoms with van der Waals surface area (Å²) in [6.45, 7) is 3.52. The number of nitrogens with zero attached hydrogens (tertiary/aromatic N) is 3. The van der Waals surface area contributed by atoms with Crippen molar-refractivity contribution in [1.82, 2.24) is 9.62 Å². The van der Waals surface area contributed by atoms with Crippen LogP contribution in [0.5, 0.6) is 0 Å². The average molecular weight is 497 g/mol. The Morgan fingerprint density at radius 1 is 1.00 bits per heavy atom. The highest BCUT2D eigenvalue weighted by Crippen LogP contribution is 2.41. The van der Waals surface area contributed by atoms with Crippen LogP contribution < -0.4 is 15.1 Å². The molecule has 2 fully saturated rings. The number of rotatable bonds is 6. The van der Waals surface area contributed by atoms with Gasteiger partial charge in [-0.1, -0.05) is 30.3 Å². The van der Waals surface area contributed by atoms with Crippen molar-refractivity contribution >= 4 is 33.2 Å². The van der Waals surface area contributed by atoms with Gasteiger partial charge >= 0.3 is 0 Å². The second-order valence-electron chi connectivity index (χ2n) is 9.59. The molecule has 2 saturated heterocycles. The molecule has 0 aliphatic carbocycles. The van der Waals surface area contributed by atoms with E-state index < -0.39 is 10.0 Å². The van der Waals surface area contributed by atoms with Gasteiger partial charge in [-0.3, -0.25) is 14.5 Å². The van der Waals surface area contributed by atoms with E-state index in [1.165, 1.54) is 9.21 Å². The minimum Gasteiger partial charge on any atom is -0.358 e. The Balaban J connectivity index is 1.46. The smallest absolute Gasteiger partial charge is 0.250 e. The van der Waals surface area contributed by atoms with Crippen molar-refractivity contribution in [2.45, 2.75) is 56.0 Å². The summed E-state index contributed by atoms with van der Waals surface area (Å²) in [6.07, 6.45) is 4.36. The lowest BCUT2D eigenvalue weighted by Gasteiger charge is -2.45. The fraction of sp³-hybridized carbons (Fsp3) is 0.462. The fourth-order valence-electron chi connectivity index (χ4n) is 5.39. The minimum atomic E-state index is -3.65. The van der Waals surface area contributed by atoms with Gasteiger partial charge in [-0.15, -0.1) is 0 Å². The normalized spacial score (nSPS) is 21.4. The quantitative estimate of drug-likeness (QED) is 0.664. The van der Waals surface area contributed by atoms with Crippen LogP contribution in [-0.2, 0) is 19.6 Å². The summed E-state index contributed by atoms with van der Waals surface area (Å²) in [7, 11) is -3.65. The standard InChI is InChI=1S/C26H32N4O4S/c1-19(20-9-3-2-4-10-20)27-25(31)18-30-24-17-21(35(33,34)28-14-7-8-15-28)12-13-22(24)29-16-6-5-11-23(29)26(30)32/h2-4,9-10,12-13,17,19,23H,5-8,11,14-16,18H2,1H3,(H,27,31). The molecule has 8 nitrogen and oxygen atoms in total. The van der Waals surface area contributed by atoms with Crippen LogP contribution in [0, 0.1) is 0 Å². The topological polar surface area (TPSA) is 90.0 Å². The van der Waals surface area contributed by atoms with E-state index in [0.29, 0.717) is 18.8 Å². The first-order chi connectivity index (χ1) is 16.9. The van der Waals surface area contributed by atoms with Crippen molar-refractivity contribution in [2.24, 2.45) is 0 Å². The molecule has 5 rings (SSSR count). The number of carbonyl (C=O) groups excluding carboxylic acids is 2. The molecule has 9 heteroatoms. The molecule has 3 heterocycles. The number of hydrogen-bond donors (Lipinski definition) is 1. The van der Waals surface area contributed by atoms with Gasteiger partial charge in [0.2, 0.25) is 21.8 Å². The lowest BCUT2D eigenvalue weighted by Crippen LogP contribution is -2.57. The maximum atomic E-state index is 13.6. The number of benzene rings is 2. The van der Waals surface area contributed by atoms with Crippen LogP contribution in [0.25, 0.3) is 0 Å². The van der Waals surface area contributed by atoms with Gasteiger partial charge in [0.15, 0.2) is 0 Å². The molecule has 0 bridgehead atoms. The molecule has 35 heavy (non-hydrogen) atoms. The predicted molar refractivity (Wildman–Crippen MR) is 135 cm³/mol. The molecule has 2 aromatic rings. The van der Waals surface area contributed by atoms with Crippen molar-refractivity contribution in [3.63, 3.8) is 0 Å². The number of piperidine rings is 1. The summed E-state index contributed by atoms with van der Waals surface area (Å²) in [4.78, 5) is 30.4. The zero-order valence-electron chi connectivity index (χ0n) is 20.0. The molecule has 0 radical (unpaired) electrons. The third-order valence-electron chi connectivity index (χ3n) is 7.28. The Bertz CT molecular complexity index is 1210. The summed E-state index contributed by atoms with van der Waals surface area (Å²) in [5.41, 5.74) is 2.29. The summed E-state index contributed by atoms with van der Waals surface area (Å²) in [5.74, 6) is -0.423. The molecule has 2 aromatic carbocycles. The van der Waals surface area contributed by atoms with Crippen molar-refractivity contribution in [1.29, 1.82) is 0 Å². The van der Waals surface area contributed by atoms with E-state index in [1.54, 1.807) is 18.2 Å². The second kappa shape index (κ2) is 9.62. The summed E-state index contributed by atoms with van der Waals surface area (Å²) < 4.78 is 28.0. The number of carbonyl (C=O) groups is 2. The molecule has 3 aliphatic rings. The molecular formula is C26H32N4O4S. The molecular weight excluding hydrogens is 464 g/mol. The lowest BCUT2D eigenvalue weighted by atomic mass is 9.96. The summed E-state index contributed by atoms with van der Waals surface area (Å²) >= 11 is 0. The highest BCUT2D eigenvalue weighted by atomic mass is 32.2. The van der Waals surface area contributed by atoms with Gasteiger partial charge < -0.3 is 10.2 Å². The van der Waals surface area contributed by atoms with E-state index in [-0.39, 0.29) is 35.3 Å². The molecule has 1 N–H and O–H groups in total. The number of nitrogens with one attached hydrogen (secondary N) is 1. The fourth-order valence-corrected chi connectivity index (χ4v) is 6.93. The van der Waals surface area contributed by atoms with Crippen molar-refractivity contribution in [3.05, 3.63) is 54.1 Å². The van der Waals surface area contributed by atoms with Crippen LogP contribution in [0.3, 0.4) is 0 Å². The van der Waals surface area contributed by atoms with E-state index in [9.17, 15) is 18.0 Å². The Labute approximate surface area is 206 Å². The van der Waals surface area contributed by atoms with Gasteiger partial charge in [0.05, 0.1) is 22.3 Å². The molecule has 2 atom stereocenters. The Morgan fingerprint density at radius 3 is 2.46 bits per heavy atom. The number of anilines is 2. The van der Waals surface area contributed by atoms with Gasteiger partial charge in [0.1, 0.15) is 12.6 Å².